The molecular weight excluding hydrogens is 635 g/mol. The summed E-state index contributed by atoms with van der Waals surface area (Å²) in [5, 5.41) is 2.82. The highest BCUT2D eigenvalue weighted by Crippen LogP contribution is 2.33. The van der Waals surface area contributed by atoms with E-state index in [1.807, 2.05) is 0 Å². The SMILES string of the molecule is Cc1ccc(S(=O)(=O)N(CC(=O)N(Cc2ccc(Br)cc2)C(C)C(=O)NC(C)(C)C)c2cccc(C(F)(F)F)c2)cc1. The van der Waals surface area contributed by atoms with Crippen molar-refractivity contribution in [3.8, 4) is 0 Å². The van der Waals surface area contributed by atoms with Gasteiger partial charge >= 0.3 is 6.18 Å². The standard InChI is InChI=1S/C30H33BrF3N3O4S/c1-20-9-15-26(16-10-20)42(40,41)37(25-8-6-7-23(17-25)30(32,33)34)19-27(38)36(18-22-11-13-24(31)14-12-22)21(2)28(39)35-29(3,4)5/h6-17,21H,18-19H2,1-5H3,(H,35,39). The Morgan fingerprint density at radius 2 is 1.55 bits per heavy atom. The first kappa shape index (κ1) is 33.1. The normalized spacial score (nSPS) is 12.9. The van der Waals surface area contributed by atoms with Crippen LogP contribution in [0.3, 0.4) is 0 Å². The Hall–Kier alpha value is -3.38. The fourth-order valence-corrected chi connectivity index (χ4v) is 5.72. The maximum atomic E-state index is 13.9. The summed E-state index contributed by atoms with van der Waals surface area (Å²) in [4.78, 5) is 28.1. The maximum absolute atomic E-state index is 13.9. The number of carbonyl (C=O) groups excluding carboxylic acids is 2. The molecule has 1 atom stereocenters. The topological polar surface area (TPSA) is 86.8 Å². The smallest absolute Gasteiger partial charge is 0.350 e. The molecule has 0 radical (unpaired) electrons. The zero-order chi connectivity index (χ0) is 31.5. The quantitative estimate of drug-likeness (QED) is 0.290. The molecule has 0 saturated carbocycles. The summed E-state index contributed by atoms with van der Waals surface area (Å²) in [5.74, 6) is -1.25. The van der Waals surface area contributed by atoms with Crippen LogP contribution < -0.4 is 9.62 Å². The van der Waals surface area contributed by atoms with Gasteiger partial charge in [-0.15, -0.1) is 0 Å². The highest BCUT2D eigenvalue weighted by molar-refractivity contribution is 9.10. The Morgan fingerprint density at radius 3 is 2.10 bits per heavy atom. The van der Waals surface area contributed by atoms with Crippen molar-refractivity contribution in [1.82, 2.24) is 10.2 Å². The third kappa shape index (κ3) is 8.57. The lowest BCUT2D eigenvalue weighted by molar-refractivity contribution is -0.140. The number of amides is 2. The lowest BCUT2D eigenvalue weighted by Crippen LogP contribution is -2.54. The fraction of sp³-hybridized carbons (Fsp3) is 0.333. The van der Waals surface area contributed by atoms with Gasteiger partial charge in [0, 0.05) is 16.6 Å². The molecule has 1 N–H and O–H groups in total. The Bertz CT molecular complexity index is 1520. The summed E-state index contributed by atoms with van der Waals surface area (Å²) in [6, 6.07) is 15.5. The molecule has 0 bridgehead atoms. The number of nitrogens with one attached hydrogen (secondary N) is 1. The predicted octanol–water partition coefficient (Wildman–Crippen LogP) is 6.30. The van der Waals surface area contributed by atoms with Crippen LogP contribution in [0.4, 0.5) is 18.9 Å². The Morgan fingerprint density at radius 1 is 0.952 bits per heavy atom. The van der Waals surface area contributed by atoms with Gasteiger partial charge in [0.25, 0.3) is 10.0 Å². The molecule has 12 heteroatoms. The van der Waals surface area contributed by atoms with E-state index in [4.69, 9.17) is 0 Å². The number of nitrogens with zero attached hydrogens (tertiary/aromatic N) is 2. The van der Waals surface area contributed by atoms with E-state index in [1.54, 1.807) is 64.1 Å². The van der Waals surface area contributed by atoms with Crippen LogP contribution in [0.1, 0.15) is 44.4 Å². The highest BCUT2D eigenvalue weighted by atomic mass is 79.9. The summed E-state index contributed by atoms with van der Waals surface area (Å²) in [7, 11) is -4.50. The van der Waals surface area contributed by atoms with Crippen molar-refractivity contribution in [2.45, 2.75) is 63.8 Å². The van der Waals surface area contributed by atoms with Crippen molar-refractivity contribution in [2.75, 3.05) is 10.8 Å². The van der Waals surface area contributed by atoms with E-state index in [-0.39, 0.29) is 17.1 Å². The summed E-state index contributed by atoms with van der Waals surface area (Å²) in [6.07, 6.45) is -4.74. The lowest BCUT2D eigenvalue weighted by Gasteiger charge is -2.33. The average molecular weight is 669 g/mol. The highest BCUT2D eigenvalue weighted by Gasteiger charge is 2.35. The molecule has 3 aromatic carbocycles. The monoisotopic (exact) mass is 667 g/mol. The number of hydrogen-bond donors (Lipinski definition) is 1. The van der Waals surface area contributed by atoms with Crippen LogP contribution in [-0.2, 0) is 32.3 Å². The minimum Gasteiger partial charge on any atom is -0.350 e. The molecular formula is C30H33BrF3N3O4S. The Labute approximate surface area is 252 Å². The van der Waals surface area contributed by atoms with Gasteiger partial charge in [0.1, 0.15) is 12.6 Å². The number of rotatable bonds is 9. The summed E-state index contributed by atoms with van der Waals surface area (Å²) < 4.78 is 69.9. The number of hydrogen-bond acceptors (Lipinski definition) is 4. The first-order valence-corrected chi connectivity index (χ1v) is 15.2. The largest absolute Gasteiger partial charge is 0.416 e. The molecule has 2 amide bonds. The Balaban J connectivity index is 2.10. The molecule has 0 heterocycles. The van der Waals surface area contributed by atoms with E-state index >= 15 is 0 Å². The van der Waals surface area contributed by atoms with E-state index in [0.29, 0.717) is 15.9 Å². The van der Waals surface area contributed by atoms with Gasteiger partial charge in [-0.1, -0.05) is 51.8 Å². The van der Waals surface area contributed by atoms with Gasteiger partial charge in [-0.05, 0) is 82.6 Å². The fourth-order valence-electron chi connectivity index (χ4n) is 4.05. The lowest BCUT2D eigenvalue weighted by atomic mass is 10.1. The first-order valence-electron chi connectivity index (χ1n) is 13.0. The molecule has 0 saturated heterocycles. The van der Waals surface area contributed by atoms with Crippen molar-refractivity contribution >= 4 is 43.5 Å². The molecule has 1 unspecified atom stereocenters. The van der Waals surface area contributed by atoms with Crippen LogP contribution in [0.15, 0.2) is 82.2 Å². The third-order valence-corrected chi connectivity index (χ3v) is 8.60. The number of halogens is 4. The summed E-state index contributed by atoms with van der Waals surface area (Å²) in [6.45, 7) is 7.72. The maximum Gasteiger partial charge on any atom is 0.416 e. The second-order valence-electron chi connectivity index (χ2n) is 10.9. The third-order valence-electron chi connectivity index (χ3n) is 6.28. The van der Waals surface area contributed by atoms with Crippen molar-refractivity contribution in [3.05, 3.63) is 94.0 Å². The van der Waals surface area contributed by atoms with Crippen LogP contribution in [0.2, 0.25) is 0 Å². The van der Waals surface area contributed by atoms with Crippen LogP contribution in [0, 0.1) is 6.92 Å². The molecule has 0 aliphatic rings. The molecule has 0 fully saturated rings. The first-order chi connectivity index (χ1) is 19.4. The van der Waals surface area contributed by atoms with Gasteiger partial charge in [-0.25, -0.2) is 8.42 Å². The van der Waals surface area contributed by atoms with Crippen molar-refractivity contribution < 1.29 is 31.2 Å². The van der Waals surface area contributed by atoms with E-state index in [2.05, 4.69) is 21.2 Å². The number of aryl methyl sites for hydroxylation is 1. The molecule has 3 aromatic rings. The van der Waals surface area contributed by atoms with Crippen LogP contribution in [-0.4, -0.2) is 43.3 Å². The zero-order valence-corrected chi connectivity index (χ0v) is 26.3. The number of benzene rings is 3. The molecule has 0 aliphatic heterocycles. The van der Waals surface area contributed by atoms with Crippen molar-refractivity contribution in [1.29, 1.82) is 0 Å². The van der Waals surface area contributed by atoms with Crippen molar-refractivity contribution in [2.24, 2.45) is 0 Å². The second-order valence-corrected chi connectivity index (χ2v) is 13.7. The number of anilines is 1. The van der Waals surface area contributed by atoms with Gasteiger partial charge in [-0.3, -0.25) is 13.9 Å². The molecule has 0 aromatic heterocycles. The van der Waals surface area contributed by atoms with E-state index < -0.39 is 51.7 Å². The molecule has 226 valence electrons. The van der Waals surface area contributed by atoms with E-state index in [1.165, 1.54) is 30.0 Å². The van der Waals surface area contributed by atoms with Gasteiger partial charge in [0.15, 0.2) is 0 Å². The van der Waals surface area contributed by atoms with Gasteiger partial charge in [-0.2, -0.15) is 13.2 Å². The average Bonchev–Trinajstić information content (AvgIpc) is 2.89. The van der Waals surface area contributed by atoms with Crippen LogP contribution in [0.5, 0.6) is 0 Å². The van der Waals surface area contributed by atoms with Gasteiger partial charge in [0.2, 0.25) is 11.8 Å². The van der Waals surface area contributed by atoms with Crippen LogP contribution in [0.25, 0.3) is 0 Å². The number of alkyl halides is 3. The van der Waals surface area contributed by atoms with Gasteiger partial charge in [0.05, 0.1) is 16.1 Å². The Kier molecular flexibility index (Phi) is 10.1. The number of carbonyl (C=O) groups is 2. The molecule has 3 rings (SSSR count). The summed E-state index contributed by atoms with van der Waals surface area (Å²) in [5.41, 5.74) is -0.587. The second kappa shape index (κ2) is 12.9. The van der Waals surface area contributed by atoms with Crippen molar-refractivity contribution in [3.63, 3.8) is 0 Å². The summed E-state index contributed by atoms with van der Waals surface area (Å²) >= 11 is 3.35. The van der Waals surface area contributed by atoms with Crippen LogP contribution >= 0.6 is 15.9 Å². The molecule has 42 heavy (non-hydrogen) atoms. The van der Waals surface area contributed by atoms with E-state index in [0.717, 1.165) is 22.2 Å². The molecule has 0 spiro atoms. The van der Waals surface area contributed by atoms with E-state index in [9.17, 15) is 31.2 Å². The minimum atomic E-state index is -4.74. The predicted molar refractivity (Wildman–Crippen MR) is 159 cm³/mol. The molecule has 0 aliphatic carbocycles. The number of sulfonamides is 1. The zero-order valence-electron chi connectivity index (χ0n) is 23.9. The minimum absolute atomic E-state index is 0.0497. The van der Waals surface area contributed by atoms with Gasteiger partial charge < -0.3 is 10.2 Å². The molecule has 7 nitrogen and oxygen atoms in total.